The maximum absolute atomic E-state index is 11.8. The summed E-state index contributed by atoms with van der Waals surface area (Å²) in [5, 5.41) is 3.95. The maximum atomic E-state index is 11.8. The first-order valence-corrected chi connectivity index (χ1v) is 8.26. The molecule has 0 aliphatic carbocycles. The number of hydrazone groups is 1. The Morgan fingerprint density at radius 1 is 1.21 bits per heavy atom. The molecule has 1 amide bonds. The van der Waals surface area contributed by atoms with Gasteiger partial charge in [-0.05, 0) is 48.4 Å². The summed E-state index contributed by atoms with van der Waals surface area (Å²) in [7, 11) is 0. The summed E-state index contributed by atoms with van der Waals surface area (Å²) in [6, 6.07) is 11.0. The number of carbonyl (C=O) groups excluding carboxylic acids is 1. The van der Waals surface area contributed by atoms with E-state index in [2.05, 4.69) is 22.4 Å². The summed E-state index contributed by atoms with van der Waals surface area (Å²) in [6.07, 6.45) is 9.48. The number of hydrogen-bond donors (Lipinski definition) is 1. The maximum Gasteiger partial charge on any atom is 0.272 e. The van der Waals surface area contributed by atoms with Gasteiger partial charge >= 0.3 is 0 Å². The van der Waals surface area contributed by atoms with Crippen LogP contribution in [0.25, 0.3) is 0 Å². The third-order valence-electron chi connectivity index (χ3n) is 3.45. The van der Waals surface area contributed by atoms with Crippen molar-refractivity contribution in [1.82, 2.24) is 10.4 Å². The lowest BCUT2D eigenvalue weighted by Crippen LogP contribution is -2.17. The van der Waals surface area contributed by atoms with Crippen LogP contribution in [0.2, 0.25) is 0 Å². The Morgan fingerprint density at radius 3 is 2.75 bits per heavy atom. The molecule has 2 rings (SSSR count). The number of unbranched alkanes of at least 4 members (excludes halogenated alkanes) is 3. The number of amides is 1. The van der Waals surface area contributed by atoms with Gasteiger partial charge in [0, 0.05) is 12.4 Å². The molecule has 0 saturated carbocycles. The van der Waals surface area contributed by atoms with Gasteiger partial charge in [-0.1, -0.05) is 26.2 Å². The van der Waals surface area contributed by atoms with Crippen LogP contribution in [0.1, 0.15) is 48.5 Å². The van der Waals surface area contributed by atoms with Gasteiger partial charge < -0.3 is 4.74 Å². The van der Waals surface area contributed by atoms with Crippen LogP contribution in [0.5, 0.6) is 5.75 Å². The molecule has 1 aromatic heterocycles. The Labute approximate surface area is 142 Å². The molecule has 0 fully saturated rings. The second-order valence-corrected chi connectivity index (χ2v) is 5.42. The Hall–Kier alpha value is -2.69. The van der Waals surface area contributed by atoms with Crippen LogP contribution < -0.4 is 10.2 Å². The van der Waals surface area contributed by atoms with Gasteiger partial charge in [0.05, 0.1) is 18.4 Å². The lowest BCUT2D eigenvalue weighted by Gasteiger charge is -2.05. The van der Waals surface area contributed by atoms with Crippen molar-refractivity contribution < 1.29 is 9.53 Å². The minimum atomic E-state index is -0.286. The van der Waals surface area contributed by atoms with Gasteiger partial charge in [0.15, 0.2) is 0 Å². The smallest absolute Gasteiger partial charge is 0.272 e. The number of rotatable bonds is 9. The largest absolute Gasteiger partial charge is 0.494 e. The van der Waals surface area contributed by atoms with Crippen molar-refractivity contribution >= 4 is 12.1 Å². The minimum Gasteiger partial charge on any atom is -0.494 e. The van der Waals surface area contributed by atoms with Crippen LogP contribution in [0.3, 0.4) is 0 Å². The lowest BCUT2D eigenvalue weighted by atomic mass is 10.2. The summed E-state index contributed by atoms with van der Waals surface area (Å²) in [4.78, 5) is 15.7. The fourth-order valence-electron chi connectivity index (χ4n) is 2.10. The zero-order valence-corrected chi connectivity index (χ0v) is 13.9. The molecule has 2 aromatic rings. The van der Waals surface area contributed by atoms with E-state index in [1.54, 1.807) is 24.5 Å². The number of pyridine rings is 1. The topological polar surface area (TPSA) is 63.6 Å². The molecule has 0 radical (unpaired) electrons. The molecule has 1 N–H and O–H groups in total. The molecule has 0 bridgehead atoms. The molecule has 126 valence electrons. The Balaban J connectivity index is 1.76. The second-order valence-electron chi connectivity index (χ2n) is 5.42. The number of carbonyl (C=O) groups is 1. The summed E-state index contributed by atoms with van der Waals surface area (Å²) < 4.78 is 5.69. The molecule has 0 saturated heterocycles. The van der Waals surface area contributed by atoms with Crippen molar-refractivity contribution in [3.63, 3.8) is 0 Å². The zero-order valence-electron chi connectivity index (χ0n) is 13.9. The van der Waals surface area contributed by atoms with E-state index in [4.69, 9.17) is 4.74 Å². The molecule has 1 aromatic carbocycles. The zero-order chi connectivity index (χ0) is 17.0. The van der Waals surface area contributed by atoms with Crippen molar-refractivity contribution in [3.05, 3.63) is 59.9 Å². The van der Waals surface area contributed by atoms with Gasteiger partial charge in [-0.2, -0.15) is 5.10 Å². The van der Waals surface area contributed by atoms with Crippen molar-refractivity contribution in [3.8, 4) is 5.75 Å². The first-order valence-electron chi connectivity index (χ1n) is 8.26. The van der Waals surface area contributed by atoms with E-state index in [0.717, 1.165) is 24.3 Å². The van der Waals surface area contributed by atoms with Crippen molar-refractivity contribution in [2.24, 2.45) is 5.10 Å². The summed E-state index contributed by atoms with van der Waals surface area (Å²) in [5.41, 5.74) is 3.84. The Bertz CT molecular complexity index is 639. The highest BCUT2D eigenvalue weighted by atomic mass is 16.5. The van der Waals surface area contributed by atoms with Gasteiger partial charge in [-0.25, -0.2) is 5.43 Å². The Kier molecular flexibility index (Phi) is 7.47. The molecule has 0 aliphatic heterocycles. The van der Waals surface area contributed by atoms with Gasteiger partial charge in [0.1, 0.15) is 5.75 Å². The Morgan fingerprint density at radius 2 is 2.04 bits per heavy atom. The number of aromatic nitrogens is 1. The number of ether oxygens (including phenoxy) is 1. The average Bonchev–Trinajstić information content (AvgIpc) is 2.63. The van der Waals surface area contributed by atoms with E-state index in [0.29, 0.717) is 5.56 Å². The molecule has 0 aliphatic rings. The van der Waals surface area contributed by atoms with Crippen molar-refractivity contribution in [2.45, 2.75) is 32.6 Å². The number of nitrogens with zero attached hydrogens (tertiary/aromatic N) is 2. The fourth-order valence-corrected chi connectivity index (χ4v) is 2.10. The highest BCUT2D eigenvalue weighted by Gasteiger charge is 2.02. The monoisotopic (exact) mass is 325 g/mol. The predicted molar refractivity (Wildman–Crippen MR) is 95.4 cm³/mol. The van der Waals surface area contributed by atoms with Gasteiger partial charge in [-0.15, -0.1) is 0 Å². The number of benzene rings is 1. The quantitative estimate of drug-likeness (QED) is 0.433. The summed E-state index contributed by atoms with van der Waals surface area (Å²) in [6.45, 7) is 2.94. The highest BCUT2D eigenvalue weighted by Crippen LogP contribution is 2.12. The van der Waals surface area contributed by atoms with Crippen LogP contribution in [0, 0.1) is 0 Å². The van der Waals surface area contributed by atoms with E-state index in [-0.39, 0.29) is 5.91 Å². The normalized spacial score (nSPS) is 10.7. The van der Waals surface area contributed by atoms with E-state index in [1.165, 1.54) is 25.5 Å². The molecule has 24 heavy (non-hydrogen) atoms. The third-order valence-corrected chi connectivity index (χ3v) is 3.45. The van der Waals surface area contributed by atoms with Crippen LogP contribution in [0.15, 0.2) is 53.9 Å². The van der Waals surface area contributed by atoms with Gasteiger partial charge in [-0.3, -0.25) is 9.78 Å². The lowest BCUT2D eigenvalue weighted by molar-refractivity contribution is 0.0955. The average molecular weight is 325 g/mol. The summed E-state index contributed by atoms with van der Waals surface area (Å²) >= 11 is 0. The first kappa shape index (κ1) is 17.7. The van der Waals surface area contributed by atoms with Crippen molar-refractivity contribution in [2.75, 3.05) is 6.61 Å². The van der Waals surface area contributed by atoms with E-state index in [9.17, 15) is 4.79 Å². The van der Waals surface area contributed by atoms with Crippen LogP contribution >= 0.6 is 0 Å². The standard InChI is InChI=1S/C19H23N3O2/c1-2-3-4-5-13-24-18-10-8-16(9-11-18)14-21-22-19(23)17-7-6-12-20-15-17/h6-12,14-15H,2-5,13H2,1H3,(H,22,23)/b21-14+. The van der Waals surface area contributed by atoms with Gasteiger partial charge in [0.2, 0.25) is 0 Å². The summed E-state index contributed by atoms with van der Waals surface area (Å²) in [5.74, 6) is 0.564. The van der Waals surface area contributed by atoms with E-state index in [1.807, 2.05) is 24.3 Å². The van der Waals surface area contributed by atoms with Crippen molar-refractivity contribution in [1.29, 1.82) is 0 Å². The third kappa shape index (κ3) is 6.20. The molecule has 0 atom stereocenters. The van der Waals surface area contributed by atoms with Crippen LogP contribution in [-0.2, 0) is 0 Å². The fraction of sp³-hybridized carbons (Fsp3) is 0.316. The molecule has 0 spiro atoms. The molecule has 5 heteroatoms. The van der Waals surface area contributed by atoms with Crippen LogP contribution in [-0.4, -0.2) is 23.7 Å². The van der Waals surface area contributed by atoms with Crippen LogP contribution in [0.4, 0.5) is 0 Å². The second kappa shape index (κ2) is 10.2. The van der Waals surface area contributed by atoms with E-state index >= 15 is 0 Å². The molecule has 0 unspecified atom stereocenters. The molecule has 1 heterocycles. The highest BCUT2D eigenvalue weighted by molar-refractivity contribution is 5.94. The number of nitrogens with one attached hydrogen (secondary N) is 1. The minimum absolute atomic E-state index is 0.286. The molecular formula is C19H23N3O2. The number of hydrogen-bond acceptors (Lipinski definition) is 4. The predicted octanol–water partition coefficient (Wildman–Crippen LogP) is 3.80. The molecular weight excluding hydrogens is 302 g/mol. The SMILES string of the molecule is CCCCCCOc1ccc(/C=N/NC(=O)c2cccnc2)cc1. The first-order chi connectivity index (χ1) is 11.8. The van der Waals surface area contributed by atoms with E-state index < -0.39 is 0 Å². The molecule has 5 nitrogen and oxygen atoms in total. The van der Waals surface area contributed by atoms with Gasteiger partial charge in [0.25, 0.3) is 5.91 Å².